The third kappa shape index (κ3) is 5.10. The quantitative estimate of drug-likeness (QED) is 0.430. The van der Waals surface area contributed by atoms with Crippen molar-refractivity contribution >= 4 is 35.0 Å². The number of hydrogen-bond donors (Lipinski definition) is 0. The van der Waals surface area contributed by atoms with Crippen molar-refractivity contribution in [3.63, 3.8) is 0 Å². The average molecular weight is 527 g/mol. The van der Waals surface area contributed by atoms with E-state index in [0.717, 1.165) is 5.56 Å². The van der Waals surface area contributed by atoms with E-state index in [2.05, 4.69) is 4.99 Å². The molecule has 1 atom stereocenters. The molecule has 0 N–H and O–H groups in total. The van der Waals surface area contributed by atoms with Gasteiger partial charge in [-0.05, 0) is 69.7 Å². The molecule has 3 aromatic rings. The molecular weight excluding hydrogens is 500 g/mol. The van der Waals surface area contributed by atoms with Crippen LogP contribution in [0.4, 0.5) is 0 Å². The number of aromatic nitrogens is 1. The van der Waals surface area contributed by atoms with Gasteiger partial charge < -0.3 is 14.2 Å². The van der Waals surface area contributed by atoms with Gasteiger partial charge in [-0.2, -0.15) is 0 Å². The number of fused-ring (bicyclic) bond motifs is 1. The summed E-state index contributed by atoms with van der Waals surface area (Å²) >= 11 is 7.43. The van der Waals surface area contributed by atoms with Crippen molar-refractivity contribution in [1.82, 2.24) is 4.57 Å². The maximum absolute atomic E-state index is 13.8. The predicted octanol–water partition coefficient (Wildman–Crippen LogP) is 4.25. The van der Waals surface area contributed by atoms with Gasteiger partial charge in [-0.25, -0.2) is 9.79 Å². The minimum Gasteiger partial charge on any atom is -0.496 e. The van der Waals surface area contributed by atoms with E-state index in [1.54, 1.807) is 56.7 Å². The maximum Gasteiger partial charge on any atom is 0.338 e. The molecule has 0 saturated heterocycles. The maximum atomic E-state index is 13.8. The first kappa shape index (κ1) is 25.7. The monoisotopic (exact) mass is 526 g/mol. The molecule has 7 nitrogen and oxygen atoms in total. The van der Waals surface area contributed by atoms with Crippen LogP contribution in [0, 0.1) is 0 Å². The Labute approximate surface area is 217 Å². The minimum atomic E-state index is -0.702. The van der Waals surface area contributed by atoms with E-state index >= 15 is 0 Å². The number of esters is 1. The summed E-state index contributed by atoms with van der Waals surface area (Å²) in [6, 6.07) is 11.9. The Morgan fingerprint density at radius 2 is 1.94 bits per heavy atom. The fraction of sp³-hybridized carbons (Fsp3) is 0.296. The van der Waals surface area contributed by atoms with Gasteiger partial charge in [0.1, 0.15) is 11.5 Å². The molecule has 4 rings (SSSR count). The second-order valence-corrected chi connectivity index (χ2v) is 9.87. The fourth-order valence-corrected chi connectivity index (χ4v) is 5.27. The summed E-state index contributed by atoms with van der Waals surface area (Å²) < 4.78 is 18.5. The van der Waals surface area contributed by atoms with E-state index < -0.39 is 12.0 Å². The zero-order valence-electron chi connectivity index (χ0n) is 20.7. The molecule has 0 amide bonds. The molecule has 0 fully saturated rings. The van der Waals surface area contributed by atoms with Gasteiger partial charge in [0.05, 0.1) is 41.7 Å². The average Bonchev–Trinajstić information content (AvgIpc) is 3.13. The number of allylic oxidation sites excluding steroid dienone is 1. The Bertz CT molecular complexity index is 1500. The van der Waals surface area contributed by atoms with E-state index in [-0.39, 0.29) is 11.7 Å². The number of nitrogens with zero attached hydrogens (tertiary/aromatic N) is 2. The van der Waals surface area contributed by atoms with Crippen LogP contribution in [0.15, 0.2) is 63.5 Å². The number of benzene rings is 2. The predicted molar refractivity (Wildman–Crippen MR) is 141 cm³/mol. The minimum absolute atomic E-state index is 0.276. The lowest BCUT2D eigenvalue weighted by Gasteiger charge is -2.25. The van der Waals surface area contributed by atoms with Crippen LogP contribution in [0.2, 0.25) is 5.02 Å². The molecule has 9 heteroatoms. The van der Waals surface area contributed by atoms with Crippen molar-refractivity contribution in [2.24, 2.45) is 4.99 Å². The van der Waals surface area contributed by atoms with Crippen molar-refractivity contribution in [3.8, 4) is 11.5 Å². The zero-order valence-corrected chi connectivity index (χ0v) is 22.3. The molecule has 0 aliphatic carbocycles. The lowest BCUT2D eigenvalue weighted by atomic mass is 9.96. The van der Waals surface area contributed by atoms with Crippen LogP contribution >= 0.6 is 22.9 Å². The number of halogens is 1. The highest BCUT2D eigenvalue weighted by atomic mass is 35.5. The Hall–Kier alpha value is -3.36. The highest BCUT2D eigenvalue weighted by Crippen LogP contribution is 2.32. The molecule has 1 aliphatic heterocycles. The zero-order chi connectivity index (χ0) is 26.0. The van der Waals surface area contributed by atoms with Gasteiger partial charge >= 0.3 is 5.97 Å². The standard InChI is InChI=1S/C27H27ClN2O5S/c1-6-34-20-10-7-17(8-11-20)24-23(26(32)35-15(2)3)16(4)29-27-30(24)25(31)22(36-27)14-18-13-19(28)9-12-21(18)33-5/h7-15,24H,6H2,1-5H3/b22-14+/t24-/m0/s1. The Kier molecular flexibility index (Phi) is 7.66. The van der Waals surface area contributed by atoms with E-state index in [1.807, 2.05) is 31.2 Å². The van der Waals surface area contributed by atoms with Crippen LogP contribution < -0.4 is 24.4 Å². The number of methoxy groups -OCH3 is 1. The lowest BCUT2D eigenvalue weighted by Crippen LogP contribution is -2.40. The summed E-state index contributed by atoms with van der Waals surface area (Å²) in [4.78, 5) is 32.1. The van der Waals surface area contributed by atoms with Crippen molar-refractivity contribution in [3.05, 3.63) is 89.6 Å². The number of thiazole rings is 1. The molecule has 36 heavy (non-hydrogen) atoms. The number of carbonyl (C=O) groups excluding carboxylic acids is 1. The van der Waals surface area contributed by atoms with Gasteiger partial charge in [0.15, 0.2) is 4.80 Å². The van der Waals surface area contributed by atoms with Crippen molar-refractivity contribution < 1.29 is 19.0 Å². The molecule has 0 radical (unpaired) electrons. The van der Waals surface area contributed by atoms with Crippen LogP contribution in [0.5, 0.6) is 11.5 Å². The number of hydrogen-bond acceptors (Lipinski definition) is 7. The molecule has 0 saturated carbocycles. The van der Waals surface area contributed by atoms with Gasteiger partial charge in [0.2, 0.25) is 0 Å². The Morgan fingerprint density at radius 1 is 1.22 bits per heavy atom. The van der Waals surface area contributed by atoms with Crippen LogP contribution in [0.1, 0.15) is 44.9 Å². The summed E-state index contributed by atoms with van der Waals surface area (Å²) in [7, 11) is 1.56. The van der Waals surface area contributed by atoms with Gasteiger partial charge in [-0.1, -0.05) is 35.1 Å². The second kappa shape index (κ2) is 10.7. The molecule has 2 heterocycles. The van der Waals surface area contributed by atoms with Gasteiger partial charge in [-0.15, -0.1) is 0 Å². The lowest BCUT2D eigenvalue weighted by molar-refractivity contribution is -0.143. The molecule has 0 spiro atoms. The summed E-state index contributed by atoms with van der Waals surface area (Å²) in [5.74, 6) is 0.787. The van der Waals surface area contributed by atoms with Gasteiger partial charge in [0, 0.05) is 10.6 Å². The number of carbonyl (C=O) groups is 1. The third-order valence-electron chi connectivity index (χ3n) is 5.57. The molecule has 2 aromatic carbocycles. The molecule has 188 valence electrons. The topological polar surface area (TPSA) is 79.1 Å². The number of ether oxygens (including phenoxy) is 3. The van der Waals surface area contributed by atoms with Gasteiger partial charge in [0.25, 0.3) is 5.56 Å². The van der Waals surface area contributed by atoms with E-state index in [4.69, 9.17) is 25.8 Å². The van der Waals surface area contributed by atoms with Crippen LogP contribution in [-0.2, 0) is 9.53 Å². The Balaban J connectivity index is 1.93. The van der Waals surface area contributed by atoms with E-state index in [0.29, 0.717) is 49.3 Å². The van der Waals surface area contributed by atoms with Crippen molar-refractivity contribution in [1.29, 1.82) is 0 Å². The summed E-state index contributed by atoms with van der Waals surface area (Å²) in [5, 5.41) is 0.525. The first-order valence-corrected chi connectivity index (χ1v) is 12.7. The Morgan fingerprint density at radius 3 is 2.58 bits per heavy atom. The van der Waals surface area contributed by atoms with Crippen molar-refractivity contribution in [2.45, 2.75) is 39.8 Å². The first-order valence-electron chi connectivity index (χ1n) is 11.5. The highest BCUT2D eigenvalue weighted by Gasteiger charge is 2.33. The van der Waals surface area contributed by atoms with Crippen molar-refractivity contribution in [2.75, 3.05) is 13.7 Å². The molecule has 1 aromatic heterocycles. The van der Waals surface area contributed by atoms with E-state index in [1.165, 1.54) is 11.3 Å². The smallest absolute Gasteiger partial charge is 0.338 e. The first-order chi connectivity index (χ1) is 17.2. The molecular formula is C27H27ClN2O5S. The molecule has 0 bridgehead atoms. The number of rotatable bonds is 7. The summed E-state index contributed by atoms with van der Waals surface area (Å²) in [6.45, 7) is 7.77. The second-order valence-electron chi connectivity index (χ2n) is 8.42. The molecule has 1 aliphatic rings. The van der Waals surface area contributed by atoms with Crippen LogP contribution in [-0.4, -0.2) is 30.4 Å². The van der Waals surface area contributed by atoms with Gasteiger partial charge in [-0.3, -0.25) is 9.36 Å². The molecule has 0 unspecified atom stereocenters. The fourth-order valence-electron chi connectivity index (χ4n) is 4.05. The third-order valence-corrected chi connectivity index (χ3v) is 6.79. The largest absolute Gasteiger partial charge is 0.496 e. The van der Waals surface area contributed by atoms with E-state index in [9.17, 15) is 9.59 Å². The summed E-state index contributed by atoms with van der Waals surface area (Å²) in [5.41, 5.74) is 1.97. The normalized spacial score (nSPS) is 15.5. The highest BCUT2D eigenvalue weighted by molar-refractivity contribution is 7.07. The van der Waals surface area contributed by atoms with Crippen LogP contribution in [0.3, 0.4) is 0 Å². The SMILES string of the molecule is CCOc1ccc([C@H]2C(C(=O)OC(C)C)=C(C)N=c3s/c(=C/c4cc(Cl)ccc4OC)c(=O)n32)cc1. The summed E-state index contributed by atoms with van der Waals surface area (Å²) in [6.07, 6.45) is 1.41. The van der Waals surface area contributed by atoms with Crippen LogP contribution in [0.25, 0.3) is 6.08 Å².